The number of carbonyl (C=O) groups excluding carboxylic acids is 1. The van der Waals surface area contributed by atoms with Crippen LogP contribution in [-0.2, 0) is 0 Å². The number of hydrogen-bond acceptors (Lipinski definition) is 3. The maximum atomic E-state index is 12.4. The number of nitrogens with zero attached hydrogens (tertiary/aromatic N) is 1. The zero-order chi connectivity index (χ0) is 15.1. The summed E-state index contributed by atoms with van der Waals surface area (Å²) in [4.78, 5) is 16.0. The van der Waals surface area contributed by atoms with Crippen molar-refractivity contribution in [3.63, 3.8) is 0 Å². The molecule has 1 heterocycles. The van der Waals surface area contributed by atoms with Crippen molar-refractivity contribution in [1.82, 2.24) is 4.90 Å². The van der Waals surface area contributed by atoms with Crippen LogP contribution in [-0.4, -0.2) is 36.1 Å². The number of Topliss-reactive ketones (excluding diaryl/α,β-unsaturated/α-hetero) is 1. The molecule has 1 aliphatic heterocycles. The van der Waals surface area contributed by atoms with Crippen molar-refractivity contribution in [1.29, 1.82) is 0 Å². The first-order valence-electron chi connectivity index (χ1n) is 8.19. The van der Waals surface area contributed by atoms with Crippen LogP contribution in [0.15, 0.2) is 23.1 Å². The van der Waals surface area contributed by atoms with E-state index in [1.807, 2.05) is 17.8 Å². The first-order valence-corrected chi connectivity index (χ1v) is 9.18. The van der Waals surface area contributed by atoms with Gasteiger partial charge in [-0.25, -0.2) is 0 Å². The second-order valence-corrected chi connectivity index (χ2v) is 7.08. The fourth-order valence-electron chi connectivity index (χ4n) is 2.72. The summed E-state index contributed by atoms with van der Waals surface area (Å²) in [5, 5.41) is 0. The molecule has 21 heavy (non-hydrogen) atoms. The van der Waals surface area contributed by atoms with E-state index in [-0.39, 0.29) is 5.78 Å². The fraction of sp³-hybridized carbons (Fsp3) is 0.611. The van der Waals surface area contributed by atoms with Gasteiger partial charge in [-0.1, -0.05) is 25.8 Å². The summed E-state index contributed by atoms with van der Waals surface area (Å²) in [6.45, 7) is 7.08. The van der Waals surface area contributed by atoms with Gasteiger partial charge in [-0.3, -0.25) is 9.69 Å². The van der Waals surface area contributed by atoms with Crippen LogP contribution in [0.2, 0.25) is 0 Å². The van der Waals surface area contributed by atoms with Crippen LogP contribution in [0.25, 0.3) is 0 Å². The van der Waals surface area contributed by atoms with E-state index in [4.69, 9.17) is 0 Å². The second kappa shape index (κ2) is 8.60. The van der Waals surface area contributed by atoms with Crippen molar-refractivity contribution >= 4 is 17.5 Å². The quantitative estimate of drug-likeness (QED) is 0.418. The molecule has 0 aliphatic carbocycles. The molecule has 1 aromatic rings. The minimum Gasteiger partial charge on any atom is -0.296 e. The van der Waals surface area contributed by atoms with Crippen molar-refractivity contribution in [2.75, 3.05) is 25.4 Å². The number of ketones is 1. The minimum atomic E-state index is 0.269. The largest absolute Gasteiger partial charge is 0.296 e. The lowest BCUT2D eigenvalue weighted by atomic mass is 10.1. The first-order chi connectivity index (χ1) is 10.2. The van der Waals surface area contributed by atoms with Crippen LogP contribution in [0.5, 0.6) is 0 Å². The van der Waals surface area contributed by atoms with Gasteiger partial charge in [0.15, 0.2) is 5.78 Å². The topological polar surface area (TPSA) is 20.3 Å². The van der Waals surface area contributed by atoms with Crippen LogP contribution in [0.1, 0.15) is 54.9 Å². The van der Waals surface area contributed by atoms with Crippen LogP contribution in [0, 0.1) is 6.92 Å². The van der Waals surface area contributed by atoms with E-state index in [0.29, 0.717) is 6.54 Å². The third-order valence-corrected chi connectivity index (χ3v) is 5.33. The molecule has 0 unspecified atom stereocenters. The molecule has 0 N–H and O–H groups in total. The number of carbonyl (C=O) groups is 1. The average Bonchev–Trinajstić information content (AvgIpc) is 2.50. The summed E-state index contributed by atoms with van der Waals surface area (Å²) in [5.41, 5.74) is 2.11. The molecular formula is C18H27NOS. The molecular weight excluding hydrogens is 278 g/mol. The van der Waals surface area contributed by atoms with Gasteiger partial charge >= 0.3 is 0 Å². The highest BCUT2D eigenvalue weighted by molar-refractivity contribution is 7.99. The molecule has 116 valence electrons. The fourth-order valence-corrected chi connectivity index (χ4v) is 3.83. The minimum absolute atomic E-state index is 0.269. The molecule has 1 fully saturated rings. The Morgan fingerprint density at radius 2 is 2.00 bits per heavy atom. The van der Waals surface area contributed by atoms with Gasteiger partial charge in [0.2, 0.25) is 0 Å². The van der Waals surface area contributed by atoms with Gasteiger partial charge in [0.25, 0.3) is 0 Å². The monoisotopic (exact) mass is 305 g/mol. The number of unbranched alkanes of at least 4 members (excludes halogenated alkanes) is 1. The standard InChI is InChI=1S/C18H27NOS/c1-3-4-12-21-18-9-8-16(13-15(18)2)17(20)14-19-10-6-5-7-11-19/h8-9,13H,3-7,10-12,14H2,1-2H3. The molecule has 2 nitrogen and oxygen atoms in total. The van der Waals surface area contributed by atoms with Crippen LogP contribution >= 0.6 is 11.8 Å². The highest BCUT2D eigenvalue weighted by Crippen LogP contribution is 2.24. The number of thioether (sulfide) groups is 1. The van der Waals surface area contributed by atoms with Crippen LogP contribution in [0.3, 0.4) is 0 Å². The lowest BCUT2D eigenvalue weighted by molar-refractivity contribution is 0.0915. The number of hydrogen-bond donors (Lipinski definition) is 0. The highest BCUT2D eigenvalue weighted by Gasteiger charge is 2.15. The van der Waals surface area contributed by atoms with Crippen molar-refractivity contribution < 1.29 is 4.79 Å². The van der Waals surface area contributed by atoms with E-state index in [0.717, 1.165) is 18.7 Å². The van der Waals surface area contributed by atoms with Crippen LogP contribution in [0.4, 0.5) is 0 Å². The smallest absolute Gasteiger partial charge is 0.176 e. The Balaban J connectivity index is 1.93. The summed E-state index contributed by atoms with van der Waals surface area (Å²) in [5.74, 6) is 1.43. The molecule has 2 rings (SSSR count). The zero-order valence-electron chi connectivity index (χ0n) is 13.4. The zero-order valence-corrected chi connectivity index (χ0v) is 14.2. The molecule has 0 amide bonds. The SMILES string of the molecule is CCCCSc1ccc(C(=O)CN2CCCCC2)cc1C. The number of likely N-dealkylation sites (tertiary alicyclic amines) is 1. The molecule has 0 saturated carbocycles. The molecule has 1 aliphatic rings. The molecule has 0 aromatic heterocycles. The van der Waals surface area contributed by atoms with Gasteiger partial charge in [0.05, 0.1) is 6.54 Å². The van der Waals surface area contributed by atoms with Gasteiger partial charge < -0.3 is 0 Å². The highest BCUT2D eigenvalue weighted by atomic mass is 32.2. The normalized spacial score (nSPS) is 16.1. The summed E-state index contributed by atoms with van der Waals surface area (Å²) in [6, 6.07) is 6.20. The van der Waals surface area contributed by atoms with Gasteiger partial charge in [0, 0.05) is 10.5 Å². The van der Waals surface area contributed by atoms with Gasteiger partial charge in [-0.2, -0.15) is 0 Å². The van der Waals surface area contributed by atoms with Gasteiger partial charge in [-0.05, 0) is 62.7 Å². The van der Waals surface area contributed by atoms with Crippen molar-refractivity contribution in [3.8, 4) is 0 Å². The van der Waals surface area contributed by atoms with Crippen molar-refractivity contribution in [2.45, 2.75) is 50.8 Å². The van der Waals surface area contributed by atoms with E-state index in [1.165, 1.54) is 48.3 Å². The maximum Gasteiger partial charge on any atom is 0.176 e. The lowest BCUT2D eigenvalue weighted by Gasteiger charge is -2.25. The molecule has 0 spiro atoms. The molecule has 3 heteroatoms. The summed E-state index contributed by atoms with van der Waals surface area (Å²) in [6.07, 6.45) is 6.27. The molecule has 0 atom stereocenters. The summed E-state index contributed by atoms with van der Waals surface area (Å²) >= 11 is 1.91. The Hall–Kier alpha value is -0.800. The predicted octanol–water partition coefficient (Wildman–Crippen LogP) is 4.56. The Morgan fingerprint density at radius 1 is 1.24 bits per heavy atom. The van der Waals surface area contributed by atoms with E-state index >= 15 is 0 Å². The first kappa shape index (κ1) is 16.6. The summed E-state index contributed by atoms with van der Waals surface area (Å²) < 4.78 is 0. The predicted molar refractivity (Wildman–Crippen MR) is 91.4 cm³/mol. The average molecular weight is 305 g/mol. The lowest BCUT2D eigenvalue weighted by Crippen LogP contribution is -2.34. The van der Waals surface area contributed by atoms with Gasteiger partial charge in [-0.15, -0.1) is 11.8 Å². The van der Waals surface area contributed by atoms with E-state index < -0.39 is 0 Å². The molecule has 0 radical (unpaired) electrons. The molecule has 1 saturated heterocycles. The molecule has 0 bridgehead atoms. The second-order valence-electron chi connectivity index (χ2n) is 5.94. The Morgan fingerprint density at radius 3 is 2.67 bits per heavy atom. The van der Waals surface area contributed by atoms with Gasteiger partial charge in [0.1, 0.15) is 0 Å². The Kier molecular flexibility index (Phi) is 6.78. The Labute approximate surface area is 133 Å². The third-order valence-electron chi connectivity index (χ3n) is 4.07. The number of benzene rings is 1. The van der Waals surface area contributed by atoms with Crippen molar-refractivity contribution in [2.24, 2.45) is 0 Å². The number of aryl methyl sites for hydroxylation is 1. The van der Waals surface area contributed by atoms with Crippen molar-refractivity contribution in [3.05, 3.63) is 29.3 Å². The third kappa shape index (κ3) is 5.15. The maximum absolute atomic E-state index is 12.4. The van der Waals surface area contributed by atoms with E-state index in [1.54, 1.807) is 0 Å². The molecule has 1 aromatic carbocycles. The summed E-state index contributed by atoms with van der Waals surface area (Å²) in [7, 11) is 0. The number of piperidine rings is 1. The van der Waals surface area contributed by atoms with E-state index in [2.05, 4.69) is 30.9 Å². The van der Waals surface area contributed by atoms with E-state index in [9.17, 15) is 4.79 Å². The van der Waals surface area contributed by atoms with Crippen LogP contribution < -0.4 is 0 Å². The number of rotatable bonds is 7. The Bertz CT molecular complexity index is 466.